The molecule has 0 unspecified atom stereocenters. The van der Waals surface area contributed by atoms with Crippen LogP contribution in [0.5, 0.6) is 0 Å². The van der Waals surface area contributed by atoms with Gasteiger partial charge in [-0.25, -0.2) is 8.78 Å². The van der Waals surface area contributed by atoms with Crippen molar-refractivity contribution in [2.75, 3.05) is 5.32 Å². The number of hydrogen-bond acceptors (Lipinski definition) is 2. The Morgan fingerprint density at radius 2 is 1.86 bits per heavy atom. The fourth-order valence-corrected chi connectivity index (χ4v) is 2.53. The summed E-state index contributed by atoms with van der Waals surface area (Å²) in [6.45, 7) is 1.78. The molecule has 5 heteroatoms. The van der Waals surface area contributed by atoms with Gasteiger partial charge < -0.3 is 5.32 Å². The Kier molecular flexibility index (Phi) is 5.33. The van der Waals surface area contributed by atoms with Crippen LogP contribution in [0, 0.1) is 11.6 Å². The fraction of sp³-hybridized carbons (Fsp3) is 0.188. The van der Waals surface area contributed by atoms with Gasteiger partial charge in [-0.15, -0.1) is 11.8 Å². The second-order valence-corrected chi connectivity index (χ2v) is 5.89. The van der Waals surface area contributed by atoms with Crippen LogP contribution in [0.25, 0.3) is 0 Å². The summed E-state index contributed by atoms with van der Waals surface area (Å²) in [5.41, 5.74) is 1.39. The molecular formula is C16H15F2NOS. The van der Waals surface area contributed by atoms with Gasteiger partial charge >= 0.3 is 0 Å². The topological polar surface area (TPSA) is 29.1 Å². The first-order valence-corrected chi connectivity index (χ1v) is 7.52. The SMILES string of the molecule is C[C@H](SCc1ccccc1)C(=O)Nc1ccc(F)c(F)c1. The molecule has 0 aliphatic rings. The van der Waals surface area contributed by atoms with Gasteiger partial charge in [0.25, 0.3) is 0 Å². The van der Waals surface area contributed by atoms with Gasteiger partial charge in [-0.05, 0) is 24.6 Å². The molecule has 2 aromatic carbocycles. The van der Waals surface area contributed by atoms with Gasteiger partial charge in [0.1, 0.15) is 0 Å². The maximum atomic E-state index is 13.1. The number of carbonyl (C=O) groups excluding carboxylic acids is 1. The lowest BCUT2D eigenvalue weighted by Gasteiger charge is -2.12. The molecule has 110 valence electrons. The van der Waals surface area contributed by atoms with Gasteiger partial charge in [-0.3, -0.25) is 4.79 Å². The molecule has 0 spiro atoms. The normalized spacial score (nSPS) is 12.0. The van der Waals surface area contributed by atoms with Gasteiger partial charge in [-0.1, -0.05) is 30.3 Å². The molecule has 2 nitrogen and oxygen atoms in total. The molecule has 0 heterocycles. The number of anilines is 1. The summed E-state index contributed by atoms with van der Waals surface area (Å²) in [4.78, 5) is 12.0. The van der Waals surface area contributed by atoms with Gasteiger partial charge in [-0.2, -0.15) is 0 Å². The molecule has 0 aromatic heterocycles. The van der Waals surface area contributed by atoms with Crippen LogP contribution in [0.2, 0.25) is 0 Å². The number of rotatable bonds is 5. The largest absolute Gasteiger partial charge is 0.325 e. The minimum Gasteiger partial charge on any atom is -0.325 e. The molecule has 0 aliphatic carbocycles. The molecule has 2 aromatic rings. The van der Waals surface area contributed by atoms with E-state index in [0.717, 1.165) is 17.7 Å². The Hall–Kier alpha value is -1.88. The van der Waals surface area contributed by atoms with Gasteiger partial charge in [0.2, 0.25) is 5.91 Å². The Morgan fingerprint density at radius 3 is 2.52 bits per heavy atom. The molecule has 0 saturated carbocycles. The van der Waals surface area contributed by atoms with Crippen LogP contribution in [0.4, 0.5) is 14.5 Å². The van der Waals surface area contributed by atoms with Crippen molar-refractivity contribution in [2.45, 2.75) is 17.9 Å². The number of amides is 1. The molecule has 1 amide bonds. The number of halogens is 2. The number of hydrogen-bond donors (Lipinski definition) is 1. The number of thioether (sulfide) groups is 1. The van der Waals surface area contributed by atoms with Crippen molar-refractivity contribution in [3.05, 3.63) is 65.7 Å². The van der Waals surface area contributed by atoms with E-state index in [-0.39, 0.29) is 16.8 Å². The smallest absolute Gasteiger partial charge is 0.237 e. The minimum atomic E-state index is -0.975. The number of nitrogens with one attached hydrogen (secondary N) is 1. The predicted molar refractivity (Wildman–Crippen MR) is 82.2 cm³/mol. The zero-order valence-electron chi connectivity index (χ0n) is 11.5. The maximum absolute atomic E-state index is 13.1. The highest BCUT2D eigenvalue weighted by atomic mass is 32.2. The van der Waals surface area contributed by atoms with E-state index >= 15 is 0 Å². The summed E-state index contributed by atoms with van der Waals surface area (Å²) in [5, 5.41) is 2.29. The van der Waals surface area contributed by atoms with Crippen LogP contribution in [-0.2, 0) is 10.5 Å². The molecule has 2 rings (SSSR count). The van der Waals surface area contributed by atoms with Crippen LogP contribution >= 0.6 is 11.8 Å². The molecule has 0 bridgehead atoms. The lowest BCUT2D eigenvalue weighted by molar-refractivity contribution is -0.115. The predicted octanol–water partition coefficient (Wildman–Crippen LogP) is 4.23. The van der Waals surface area contributed by atoms with Gasteiger partial charge in [0.05, 0.1) is 5.25 Å². The first kappa shape index (κ1) is 15.5. The number of benzene rings is 2. The van der Waals surface area contributed by atoms with E-state index in [1.807, 2.05) is 30.3 Å². The Bertz CT molecular complexity index is 619. The quantitative estimate of drug-likeness (QED) is 0.896. The van der Waals surface area contributed by atoms with Gasteiger partial charge in [0, 0.05) is 17.5 Å². The molecule has 1 atom stereocenters. The molecule has 0 aliphatic heterocycles. The molecule has 1 N–H and O–H groups in total. The Balaban J connectivity index is 1.89. The van der Waals surface area contributed by atoms with Crippen molar-refractivity contribution in [2.24, 2.45) is 0 Å². The summed E-state index contributed by atoms with van der Waals surface area (Å²) < 4.78 is 25.9. The van der Waals surface area contributed by atoms with E-state index < -0.39 is 11.6 Å². The van der Waals surface area contributed by atoms with E-state index in [4.69, 9.17) is 0 Å². The van der Waals surface area contributed by atoms with Crippen molar-refractivity contribution < 1.29 is 13.6 Å². The standard InChI is InChI=1S/C16H15F2NOS/c1-11(21-10-12-5-3-2-4-6-12)16(20)19-13-7-8-14(17)15(18)9-13/h2-9,11H,10H2,1H3,(H,19,20)/t11-/m0/s1. The number of carbonyl (C=O) groups is 1. The van der Waals surface area contributed by atoms with E-state index in [0.29, 0.717) is 5.75 Å². The Labute approximate surface area is 126 Å². The zero-order chi connectivity index (χ0) is 15.2. The van der Waals surface area contributed by atoms with E-state index in [1.54, 1.807) is 6.92 Å². The molecule has 0 fully saturated rings. The molecule has 0 radical (unpaired) electrons. The summed E-state index contributed by atoms with van der Waals surface area (Å²) in [6, 6.07) is 13.1. The highest BCUT2D eigenvalue weighted by Crippen LogP contribution is 2.20. The molecular weight excluding hydrogens is 292 g/mol. The van der Waals surface area contributed by atoms with Crippen LogP contribution in [0.15, 0.2) is 48.5 Å². The maximum Gasteiger partial charge on any atom is 0.237 e. The van der Waals surface area contributed by atoms with Crippen LogP contribution in [0.3, 0.4) is 0 Å². The van der Waals surface area contributed by atoms with E-state index in [2.05, 4.69) is 5.32 Å². The zero-order valence-corrected chi connectivity index (χ0v) is 12.3. The summed E-state index contributed by atoms with van der Waals surface area (Å²) in [7, 11) is 0. The van der Waals surface area contributed by atoms with E-state index in [9.17, 15) is 13.6 Å². The third-order valence-electron chi connectivity index (χ3n) is 2.90. The summed E-state index contributed by atoms with van der Waals surface area (Å²) >= 11 is 1.48. The lowest BCUT2D eigenvalue weighted by Crippen LogP contribution is -2.22. The molecule has 0 saturated heterocycles. The van der Waals surface area contributed by atoms with Crippen molar-refractivity contribution in [1.82, 2.24) is 0 Å². The van der Waals surface area contributed by atoms with Crippen LogP contribution in [0.1, 0.15) is 12.5 Å². The van der Waals surface area contributed by atoms with Crippen molar-refractivity contribution in [3.63, 3.8) is 0 Å². The van der Waals surface area contributed by atoms with E-state index in [1.165, 1.54) is 17.8 Å². The fourth-order valence-electron chi connectivity index (χ4n) is 1.69. The second kappa shape index (κ2) is 7.22. The van der Waals surface area contributed by atoms with Crippen molar-refractivity contribution >= 4 is 23.4 Å². The van der Waals surface area contributed by atoms with Crippen molar-refractivity contribution in [3.8, 4) is 0 Å². The summed E-state index contributed by atoms with van der Waals surface area (Å²) in [5.74, 6) is -1.42. The summed E-state index contributed by atoms with van der Waals surface area (Å²) in [6.07, 6.45) is 0. The average Bonchev–Trinajstić information content (AvgIpc) is 2.49. The third kappa shape index (κ3) is 4.56. The van der Waals surface area contributed by atoms with Gasteiger partial charge in [0.15, 0.2) is 11.6 Å². The highest BCUT2D eigenvalue weighted by Gasteiger charge is 2.14. The first-order chi connectivity index (χ1) is 10.1. The average molecular weight is 307 g/mol. The monoisotopic (exact) mass is 307 g/mol. The third-order valence-corrected chi connectivity index (χ3v) is 4.11. The van der Waals surface area contributed by atoms with Crippen molar-refractivity contribution in [1.29, 1.82) is 0 Å². The first-order valence-electron chi connectivity index (χ1n) is 6.47. The lowest BCUT2D eigenvalue weighted by atomic mass is 10.2. The highest BCUT2D eigenvalue weighted by molar-refractivity contribution is 7.99. The van der Waals surface area contributed by atoms with Crippen LogP contribution < -0.4 is 5.32 Å². The second-order valence-electron chi connectivity index (χ2n) is 4.56. The minimum absolute atomic E-state index is 0.234. The molecule has 21 heavy (non-hydrogen) atoms. The van der Waals surface area contributed by atoms with Crippen LogP contribution in [-0.4, -0.2) is 11.2 Å². The Morgan fingerprint density at radius 1 is 1.14 bits per heavy atom.